The zero-order valence-electron chi connectivity index (χ0n) is 6.80. The maximum atomic E-state index is 11.4. The molecule has 2 fully saturated rings. The zero-order chi connectivity index (χ0) is 8.77. The third-order valence-corrected chi connectivity index (χ3v) is 2.97. The summed E-state index contributed by atoms with van der Waals surface area (Å²) in [6, 6.07) is 0. The van der Waals surface area contributed by atoms with E-state index in [-0.39, 0.29) is 17.7 Å². The van der Waals surface area contributed by atoms with Crippen molar-refractivity contribution >= 4 is 11.8 Å². The maximum Gasteiger partial charge on any atom is 0.227 e. The Morgan fingerprint density at radius 1 is 1.58 bits per heavy atom. The van der Waals surface area contributed by atoms with Crippen molar-refractivity contribution < 1.29 is 9.59 Å². The summed E-state index contributed by atoms with van der Waals surface area (Å²) >= 11 is 0. The molecule has 4 nitrogen and oxygen atoms in total. The lowest BCUT2D eigenvalue weighted by atomic mass is 9.82. The average Bonchev–Trinajstić information content (AvgIpc) is 2.76. The Morgan fingerprint density at radius 3 is 2.67 bits per heavy atom. The van der Waals surface area contributed by atoms with Gasteiger partial charge >= 0.3 is 0 Å². The van der Waals surface area contributed by atoms with Crippen LogP contribution in [0.3, 0.4) is 0 Å². The van der Waals surface area contributed by atoms with E-state index in [9.17, 15) is 9.59 Å². The first-order valence-electron chi connectivity index (χ1n) is 4.24. The number of primary amides is 1. The fourth-order valence-corrected chi connectivity index (χ4v) is 2.07. The van der Waals surface area contributed by atoms with Gasteiger partial charge in [0.05, 0.1) is 11.3 Å². The number of nitrogens with two attached hydrogens (primary N) is 1. The van der Waals surface area contributed by atoms with E-state index in [1.54, 1.807) is 0 Å². The van der Waals surface area contributed by atoms with E-state index in [2.05, 4.69) is 5.32 Å². The first kappa shape index (κ1) is 7.58. The first-order chi connectivity index (χ1) is 5.67. The Balaban J connectivity index is 2.22. The molecule has 0 aromatic heterocycles. The lowest BCUT2D eigenvalue weighted by Gasteiger charge is -2.28. The fraction of sp³-hybridized carbons (Fsp3) is 0.750. The molecule has 0 bridgehead atoms. The minimum atomic E-state index is -0.399. The van der Waals surface area contributed by atoms with Crippen molar-refractivity contribution in [2.45, 2.75) is 19.3 Å². The van der Waals surface area contributed by atoms with Crippen LogP contribution < -0.4 is 11.1 Å². The number of carbonyl (C=O) groups is 2. The second-order valence-corrected chi connectivity index (χ2v) is 3.66. The standard InChI is InChI=1S/C8H12N2O2/c9-6(11)5-1-4-10-7(12)8(5)2-3-8/h5H,1-4H2,(H2,9,11)(H,10,12). The fourth-order valence-electron chi connectivity index (χ4n) is 2.07. The van der Waals surface area contributed by atoms with E-state index in [0.717, 1.165) is 12.8 Å². The monoisotopic (exact) mass is 168 g/mol. The molecule has 1 heterocycles. The summed E-state index contributed by atoms with van der Waals surface area (Å²) < 4.78 is 0. The smallest absolute Gasteiger partial charge is 0.227 e. The molecule has 0 aromatic rings. The summed E-state index contributed by atoms with van der Waals surface area (Å²) in [5.74, 6) is -0.508. The van der Waals surface area contributed by atoms with Gasteiger partial charge in [-0.2, -0.15) is 0 Å². The average molecular weight is 168 g/mol. The molecule has 1 saturated heterocycles. The van der Waals surface area contributed by atoms with E-state index in [1.165, 1.54) is 0 Å². The third kappa shape index (κ3) is 0.838. The van der Waals surface area contributed by atoms with Crippen LogP contribution in [-0.2, 0) is 9.59 Å². The van der Waals surface area contributed by atoms with Gasteiger partial charge in [-0.3, -0.25) is 9.59 Å². The van der Waals surface area contributed by atoms with Crippen LogP contribution in [0.2, 0.25) is 0 Å². The minimum Gasteiger partial charge on any atom is -0.369 e. The molecule has 0 aromatic carbocycles. The van der Waals surface area contributed by atoms with Crippen LogP contribution in [0.1, 0.15) is 19.3 Å². The predicted molar refractivity (Wildman–Crippen MR) is 42.0 cm³/mol. The molecule has 1 spiro atoms. The van der Waals surface area contributed by atoms with Crippen LogP contribution >= 0.6 is 0 Å². The molecule has 1 unspecified atom stereocenters. The normalized spacial score (nSPS) is 31.3. The second kappa shape index (κ2) is 2.21. The van der Waals surface area contributed by atoms with Gasteiger partial charge in [0, 0.05) is 6.54 Å². The third-order valence-electron chi connectivity index (χ3n) is 2.97. The Bertz CT molecular complexity index is 245. The quantitative estimate of drug-likeness (QED) is 0.548. The minimum absolute atomic E-state index is 0.0255. The summed E-state index contributed by atoms with van der Waals surface area (Å²) in [6.45, 7) is 0.591. The van der Waals surface area contributed by atoms with Crippen molar-refractivity contribution in [3.8, 4) is 0 Å². The number of piperidine rings is 1. The summed E-state index contributed by atoms with van der Waals surface area (Å²) in [6.07, 6.45) is 2.36. The Morgan fingerprint density at radius 2 is 2.25 bits per heavy atom. The maximum absolute atomic E-state index is 11.4. The van der Waals surface area contributed by atoms with Crippen molar-refractivity contribution in [1.82, 2.24) is 5.32 Å². The Labute approximate surface area is 70.5 Å². The Kier molecular flexibility index (Phi) is 1.40. The predicted octanol–water partition coefficient (Wildman–Crippen LogP) is -0.612. The van der Waals surface area contributed by atoms with E-state index >= 15 is 0 Å². The molecular weight excluding hydrogens is 156 g/mol. The molecule has 1 aliphatic carbocycles. The molecule has 2 amide bonds. The molecule has 1 aliphatic heterocycles. The highest BCUT2D eigenvalue weighted by atomic mass is 16.2. The summed E-state index contributed by atoms with van der Waals surface area (Å²) in [5, 5.41) is 2.77. The second-order valence-electron chi connectivity index (χ2n) is 3.66. The highest BCUT2D eigenvalue weighted by Gasteiger charge is 2.58. The number of hydrogen-bond donors (Lipinski definition) is 2. The van der Waals surface area contributed by atoms with Gasteiger partial charge in [-0.15, -0.1) is 0 Å². The van der Waals surface area contributed by atoms with Crippen LogP contribution in [-0.4, -0.2) is 18.4 Å². The van der Waals surface area contributed by atoms with Crippen LogP contribution in [0.15, 0.2) is 0 Å². The van der Waals surface area contributed by atoms with Crippen LogP contribution in [0.5, 0.6) is 0 Å². The molecule has 1 atom stereocenters. The summed E-state index contributed by atoms with van der Waals surface area (Å²) in [7, 11) is 0. The van der Waals surface area contributed by atoms with Gasteiger partial charge in [0.2, 0.25) is 11.8 Å². The molecule has 2 rings (SSSR count). The molecular formula is C8H12N2O2. The lowest BCUT2D eigenvalue weighted by Crippen LogP contribution is -2.48. The highest BCUT2D eigenvalue weighted by molar-refractivity contribution is 5.93. The number of amides is 2. The van der Waals surface area contributed by atoms with Gasteiger partial charge in [-0.05, 0) is 19.3 Å². The number of rotatable bonds is 1. The van der Waals surface area contributed by atoms with Gasteiger partial charge in [0.25, 0.3) is 0 Å². The van der Waals surface area contributed by atoms with Gasteiger partial charge < -0.3 is 11.1 Å². The van der Waals surface area contributed by atoms with Crippen molar-refractivity contribution in [1.29, 1.82) is 0 Å². The molecule has 12 heavy (non-hydrogen) atoms. The zero-order valence-corrected chi connectivity index (χ0v) is 6.80. The summed E-state index contributed by atoms with van der Waals surface area (Å²) in [5.41, 5.74) is 4.83. The van der Waals surface area contributed by atoms with Crippen molar-refractivity contribution in [2.75, 3.05) is 6.54 Å². The van der Waals surface area contributed by atoms with Gasteiger partial charge in [-0.25, -0.2) is 0 Å². The lowest BCUT2D eigenvalue weighted by molar-refractivity contribution is -0.137. The van der Waals surface area contributed by atoms with E-state index < -0.39 is 5.41 Å². The van der Waals surface area contributed by atoms with Crippen molar-refractivity contribution in [2.24, 2.45) is 17.1 Å². The van der Waals surface area contributed by atoms with E-state index in [4.69, 9.17) is 5.73 Å². The molecule has 0 radical (unpaired) electrons. The topological polar surface area (TPSA) is 72.2 Å². The molecule has 2 aliphatic rings. The van der Waals surface area contributed by atoms with Gasteiger partial charge in [0.1, 0.15) is 0 Å². The summed E-state index contributed by atoms with van der Waals surface area (Å²) in [4.78, 5) is 22.4. The van der Waals surface area contributed by atoms with Crippen molar-refractivity contribution in [3.05, 3.63) is 0 Å². The number of nitrogens with one attached hydrogen (secondary N) is 1. The number of hydrogen-bond acceptors (Lipinski definition) is 2. The van der Waals surface area contributed by atoms with Crippen molar-refractivity contribution in [3.63, 3.8) is 0 Å². The largest absolute Gasteiger partial charge is 0.369 e. The van der Waals surface area contributed by atoms with Gasteiger partial charge in [-0.1, -0.05) is 0 Å². The van der Waals surface area contributed by atoms with Crippen LogP contribution in [0.25, 0.3) is 0 Å². The molecule has 3 N–H and O–H groups in total. The van der Waals surface area contributed by atoms with E-state index in [1.807, 2.05) is 0 Å². The Hall–Kier alpha value is -1.06. The highest BCUT2D eigenvalue weighted by Crippen LogP contribution is 2.54. The first-order valence-corrected chi connectivity index (χ1v) is 4.24. The van der Waals surface area contributed by atoms with Crippen LogP contribution in [0, 0.1) is 11.3 Å². The van der Waals surface area contributed by atoms with Crippen LogP contribution in [0.4, 0.5) is 0 Å². The van der Waals surface area contributed by atoms with Gasteiger partial charge in [0.15, 0.2) is 0 Å². The molecule has 4 heteroatoms. The van der Waals surface area contributed by atoms with E-state index in [0.29, 0.717) is 13.0 Å². The molecule has 1 saturated carbocycles. The molecule has 66 valence electrons. The SMILES string of the molecule is NC(=O)C1CCNC(=O)C12CC2. The number of carbonyl (C=O) groups excluding carboxylic acids is 2.